The Balaban J connectivity index is 1.35. The number of carbonyl (C=O) groups is 1. The Bertz CT molecular complexity index is 958. The van der Waals surface area contributed by atoms with Crippen molar-refractivity contribution in [2.45, 2.75) is 24.8 Å². The first-order valence-corrected chi connectivity index (χ1v) is 9.82. The molecule has 7 heteroatoms. The molecule has 0 radical (unpaired) electrons. The molecule has 1 aliphatic carbocycles. The first-order chi connectivity index (χ1) is 14.1. The number of benzene rings is 2. The predicted octanol–water partition coefficient (Wildman–Crippen LogP) is 3.61. The van der Waals surface area contributed by atoms with E-state index in [9.17, 15) is 18.8 Å². The Morgan fingerprint density at radius 2 is 1.90 bits per heavy atom. The molecule has 5 nitrogen and oxygen atoms in total. The molecule has 0 unspecified atom stereocenters. The minimum absolute atomic E-state index is 0.169. The Morgan fingerprint density at radius 1 is 1.07 bits per heavy atom. The van der Waals surface area contributed by atoms with Crippen molar-refractivity contribution < 1.29 is 13.6 Å². The minimum Gasteiger partial charge on any atom is -0.369 e. The smallest absolute Gasteiger partial charge is 0.317 e. The van der Waals surface area contributed by atoms with Crippen LogP contribution in [0.5, 0.6) is 0 Å². The van der Waals surface area contributed by atoms with E-state index in [0.29, 0.717) is 37.2 Å². The molecule has 1 N–H and O–H groups in total. The van der Waals surface area contributed by atoms with Gasteiger partial charge in [0.2, 0.25) is 0 Å². The maximum absolute atomic E-state index is 14.0. The Hall–Kier alpha value is -3.14. The summed E-state index contributed by atoms with van der Waals surface area (Å²) in [5.41, 5.74) is 1.84. The lowest BCUT2D eigenvalue weighted by molar-refractivity contribution is 0.200. The van der Waals surface area contributed by atoms with Crippen LogP contribution in [0.1, 0.15) is 29.9 Å². The summed E-state index contributed by atoms with van der Waals surface area (Å²) in [7, 11) is 0. The summed E-state index contributed by atoms with van der Waals surface area (Å²) in [6, 6.07) is 13.5. The molecule has 2 fully saturated rings. The van der Waals surface area contributed by atoms with E-state index in [0.717, 1.165) is 24.7 Å². The van der Waals surface area contributed by atoms with Crippen molar-refractivity contribution in [2.24, 2.45) is 0 Å². The zero-order valence-corrected chi connectivity index (χ0v) is 15.9. The van der Waals surface area contributed by atoms with Crippen LogP contribution in [0.15, 0.2) is 42.5 Å². The summed E-state index contributed by atoms with van der Waals surface area (Å²) in [5.74, 6) is -1.86. The summed E-state index contributed by atoms with van der Waals surface area (Å²) in [4.78, 5) is 16.6. The average Bonchev–Trinajstić information content (AvgIpc) is 3.52. The van der Waals surface area contributed by atoms with E-state index in [4.69, 9.17) is 0 Å². The van der Waals surface area contributed by atoms with Gasteiger partial charge >= 0.3 is 6.03 Å². The van der Waals surface area contributed by atoms with Crippen molar-refractivity contribution in [3.63, 3.8) is 0 Å². The number of halogens is 2. The third-order valence-electron chi connectivity index (χ3n) is 5.63. The highest BCUT2D eigenvalue weighted by Crippen LogP contribution is 2.42. The van der Waals surface area contributed by atoms with Crippen molar-refractivity contribution >= 4 is 11.7 Å². The lowest BCUT2D eigenvalue weighted by Crippen LogP contribution is -2.43. The number of rotatable bonds is 3. The van der Waals surface area contributed by atoms with Crippen molar-refractivity contribution in [3.8, 4) is 6.07 Å². The molecular weight excluding hydrogens is 374 g/mol. The summed E-state index contributed by atoms with van der Waals surface area (Å²) in [5, 5.41) is 12.3. The molecule has 2 atom stereocenters. The van der Waals surface area contributed by atoms with Gasteiger partial charge in [-0.3, -0.25) is 0 Å². The molecule has 1 aliphatic heterocycles. The number of hydrogen-bond acceptors (Lipinski definition) is 3. The second kappa shape index (κ2) is 8.08. The highest BCUT2D eigenvalue weighted by molar-refractivity contribution is 5.75. The third kappa shape index (κ3) is 4.02. The lowest BCUT2D eigenvalue weighted by atomic mass is 10.1. The molecule has 4 rings (SSSR count). The highest BCUT2D eigenvalue weighted by atomic mass is 19.2. The fourth-order valence-electron chi connectivity index (χ4n) is 3.96. The van der Waals surface area contributed by atoms with Gasteiger partial charge in [0.1, 0.15) is 6.07 Å². The Kier molecular flexibility index (Phi) is 5.34. The molecular formula is C22H22F2N4O. The number of anilines is 1. The zero-order chi connectivity index (χ0) is 20.4. The number of carbonyl (C=O) groups excluding carboxylic acids is 1. The maximum Gasteiger partial charge on any atom is 0.317 e. The lowest BCUT2D eigenvalue weighted by Gasteiger charge is -2.24. The number of urea groups is 1. The van der Waals surface area contributed by atoms with Gasteiger partial charge in [-0.25, -0.2) is 13.6 Å². The van der Waals surface area contributed by atoms with Crippen LogP contribution in [-0.2, 0) is 0 Å². The number of para-hydroxylation sites is 1. The molecule has 2 aromatic carbocycles. The van der Waals surface area contributed by atoms with Crippen LogP contribution in [0.3, 0.4) is 0 Å². The van der Waals surface area contributed by atoms with E-state index in [-0.39, 0.29) is 18.0 Å². The standard InChI is InChI=1S/C22H22F2N4O/c23-18-7-3-6-16(21(18)24)17-13-19(17)26-22(29)28-10-4-9-27(11-12-28)20-8-2-1-5-15(20)14-25/h1-3,5-8,17,19H,4,9-13H2,(H,26,29)/t17-,19+/m1/s1. The second-order valence-corrected chi connectivity index (χ2v) is 7.50. The largest absolute Gasteiger partial charge is 0.369 e. The number of amides is 2. The van der Waals surface area contributed by atoms with Gasteiger partial charge in [0.05, 0.1) is 11.3 Å². The normalized spacial score (nSPS) is 21.3. The van der Waals surface area contributed by atoms with Gasteiger partial charge in [-0.1, -0.05) is 24.3 Å². The number of nitrogens with one attached hydrogen (secondary N) is 1. The van der Waals surface area contributed by atoms with Crippen molar-refractivity contribution in [2.75, 3.05) is 31.1 Å². The molecule has 1 saturated carbocycles. The van der Waals surface area contributed by atoms with Crippen molar-refractivity contribution in [1.82, 2.24) is 10.2 Å². The van der Waals surface area contributed by atoms with E-state index in [1.54, 1.807) is 17.0 Å². The van der Waals surface area contributed by atoms with Gasteiger partial charge in [0, 0.05) is 38.1 Å². The summed E-state index contributed by atoms with van der Waals surface area (Å²) >= 11 is 0. The first-order valence-electron chi connectivity index (χ1n) is 9.82. The predicted molar refractivity (Wildman–Crippen MR) is 106 cm³/mol. The third-order valence-corrected chi connectivity index (χ3v) is 5.63. The summed E-state index contributed by atoms with van der Waals surface area (Å²) in [6.07, 6.45) is 1.40. The van der Waals surface area contributed by atoms with Gasteiger partial charge in [0.15, 0.2) is 11.6 Å². The molecule has 0 spiro atoms. The topological polar surface area (TPSA) is 59.4 Å². The van der Waals surface area contributed by atoms with Crippen LogP contribution in [0.4, 0.5) is 19.3 Å². The maximum atomic E-state index is 14.0. The van der Waals surface area contributed by atoms with E-state index in [1.165, 1.54) is 6.07 Å². The molecule has 0 aromatic heterocycles. The van der Waals surface area contributed by atoms with Crippen LogP contribution in [-0.4, -0.2) is 43.2 Å². The van der Waals surface area contributed by atoms with E-state index in [2.05, 4.69) is 16.3 Å². The molecule has 1 heterocycles. The molecule has 2 aliphatic rings. The fourth-order valence-corrected chi connectivity index (χ4v) is 3.96. The van der Waals surface area contributed by atoms with Gasteiger partial charge in [0.25, 0.3) is 0 Å². The van der Waals surface area contributed by atoms with Crippen LogP contribution in [0.25, 0.3) is 0 Å². The first kappa shape index (κ1) is 19.2. The van der Waals surface area contributed by atoms with Gasteiger partial charge in [-0.05, 0) is 36.6 Å². The second-order valence-electron chi connectivity index (χ2n) is 7.50. The molecule has 2 amide bonds. The van der Waals surface area contributed by atoms with Crippen molar-refractivity contribution in [3.05, 3.63) is 65.2 Å². The molecule has 0 bridgehead atoms. The van der Waals surface area contributed by atoms with Crippen molar-refractivity contribution in [1.29, 1.82) is 5.26 Å². The summed E-state index contributed by atoms with van der Waals surface area (Å²) < 4.78 is 27.4. The minimum atomic E-state index is -0.857. The molecule has 150 valence electrons. The Morgan fingerprint density at radius 3 is 2.72 bits per heavy atom. The monoisotopic (exact) mass is 396 g/mol. The molecule has 29 heavy (non-hydrogen) atoms. The van der Waals surface area contributed by atoms with Crippen LogP contribution in [0.2, 0.25) is 0 Å². The fraction of sp³-hybridized carbons (Fsp3) is 0.364. The summed E-state index contributed by atoms with van der Waals surface area (Å²) in [6.45, 7) is 2.56. The van der Waals surface area contributed by atoms with Gasteiger partial charge in [-0.2, -0.15) is 5.26 Å². The van der Waals surface area contributed by atoms with Crippen LogP contribution >= 0.6 is 0 Å². The molecule has 2 aromatic rings. The number of hydrogen-bond donors (Lipinski definition) is 1. The van der Waals surface area contributed by atoms with Gasteiger partial charge < -0.3 is 15.1 Å². The Labute approximate surface area is 168 Å². The van der Waals surface area contributed by atoms with Crippen LogP contribution in [0, 0.1) is 23.0 Å². The van der Waals surface area contributed by atoms with Gasteiger partial charge in [-0.15, -0.1) is 0 Å². The number of nitriles is 1. The van der Waals surface area contributed by atoms with E-state index in [1.807, 2.05) is 18.2 Å². The SMILES string of the molecule is N#Cc1ccccc1N1CCCN(C(=O)N[C@H]2C[C@@H]2c2cccc(F)c2F)CC1. The number of nitrogens with zero attached hydrogens (tertiary/aromatic N) is 3. The quantitative estimate of drug-likeness (QED) is 0.862. The van der Waals surface area contributed by atoms with E-state index >= 15 is 0 Å². The van der Waals surface area contributed by atoms with Crippen LogP contribution < -0.4 is 10.2 Å². The zero-order valence-electron chi connectivity index (χ0n) is 15.9. The molecule has 1 saturated heterocycles. The highest BCUT2D eigenvalue weighted by Gasteiger charge is 2.42. The average molecular weight is 396 g/mol. The van der Waals surface area contributed by atoms with E-state index < -0.39 is 11.6 Å².